The molecule has 10 heteroatoms. The van der Waals surface area contributed by atoms with E-state index in [4.69, 9.17) is 5.73 Å². The molecule has 1 aromatic heterocycles. The van der Waals surface area contributed by atoms with E-state index in [1.54, 1.807) is 6.07 Å². The number of amides is 1. The van der Waals surface area contributed by atoms with Gasteiger partial charge in [0.05, 0.1) is 11.3 Å². The molecular weight excluding hydrogens is 500 g/mol. The second-order valence-corrected chi connectivity index (χ2v) is 9.14. The van der Waals surface area contributed by atoms with E-state index < -0.39 is 17.5 Å². The highest BCUT2D eigenvalue weighted by Gasteiger charge is 2.12. The minimum absolute atomic E-state index is 0.0995. The SMILES string of the molecule is CCN(CC)CCNCCN(CC)c1cccc(Nc2cc(NCc3cc(F)cc(F)c3)c(C(N)=O)cn2)c1. The van der Waals surface area contributed by atoms with Crippen molar-refractivity contribution in [3.8, 4) is 0 Å². The van der Waals surface area contributed by atoms with Crippen molar-refractivity contribution < 1.29 is 13.6 Å². The third-order valence-corrected chi connectivity index (χ3v) is 6.50. The van der Waals surface area contributed by atoms with E-state index in [0.717, 1.165) is 63.3 Å². The minimum Gasteiger partial charge on any atom is -0.380 e. The van der Waals surface area contributed by atoms with Gasteiger partial charge in [0.1, 0.15) is 17.5 Å². The minimum atomic E-state index is -0.671. The number of likely N-dealkylation sites (N-methyl/N-ethyl adjacent to an activating group) is 2. The average Bonchev–Trinajstić information content (AvgIpc) is 2.91. The predicted molar refractivity (Wildman–Crippen MR) is 155 cm³/mol. The van der Waals surface area contributed by atoms with E-state index in [2.05, 4.69) is 57.6 Å². The van der Waals surface area contributed by atoms with Gasteiger partial charge in [-0.3, -0.25) is 4.79 Å². The Labute approximate surface area is 229 Å². The molecule has 3 rings (SSSR count). The quantitative estimate of drug-likeness (QED) is 0.198. The summed E-state index contributed by atoms with van der Waals surface area (Å²) in [7, 11) is 0. The molecule has 210 valence electrons. The van der Waals surface area contributed by atoms with Crippen LogP contribution in [-0.2, 0) is 6.54 Å². The normalized spacial score (nSPS) is 11.0. The van der Waals surface area contributed by atoms with E-state index >= 15 is 0 Å². The van der Waals surface area contributed by atoms with Gasteiger partial charge in [-0.1, -0.05) is 19.9 Å². The molecule has 39 heavy (non-hydrogen) atoms. The van der Waals surface area contributed by atoms with Crippen LogP contribution in [0.5, 0.6) is 0 Å². The molecule has 0 bridgehead atoms. The zero-order valence-corrected chi connectivity index (χ0v) is 22.9. The van der Waals surface area contributed by atoms with Gasteiger partial charge < -0.3 is 31.5 Å². The average molecular weight is 540 g/mol. The summed E-state index contributed by atoms with van der Waals surface area (Å²) in [6.07, 6.45) is 1.38. The fourth-order valence-corrected chi connectivity index (χ4v) is 4.29. The van der Waals surface area contributed by atoms with Gasteiger partial charge in [0.15, 0.2) is 0 Å². The van der Waals surface area contributed by atoms with Crippen LogP contribution in [0.15, 0.2) is 54.7 Å². The summed E-state index contributed by atoms with van der Waals surface area (Å²) in [4.78, 5) is 21.0. The second-order valence-electron chi connectivity index (χ2n) is 9.14. The van der Waals surface area contributed by atoms with Gasteiger partial charge in [-0.25, -0.2) is 13.8 Å². The van der Waals surface area contributed by atoms with Crippen molar-refractivity contribution >= 4 is 28.8 Å². The molecule has 0 radical (unpaired) electrons. The molecule has 0 aliphatic rings. The van der Waals surface area contributed by atoms with Gasteiger partial charge in [-0.15, -0.1) is 0 Å². The number of primary amides is 1. The second kappa shape index (κ2) is 15.0. The summed E-state index contributed by atoms with van der Waals surface area (Å²) in [5, 5.41) is 9.85. The number of hydrogen-bond donors (Lipinski definition) is 4. The van der Waals surface area contributed by atoms with E-state index in [9.17, 15) is 13.6 Å². The predicted octanol–water partition coefficient (Wildman–Crippen LogP) is 4.57. The molecule has 0 atom stereocenters. The number of benzene rings is 2. The number of rotatable bonds is 16. The molecule has 3 aromatic rings. The van der Waals surface area contributed by atoms with Gasteiger partial charge in [-0.2, -0.15) is 0 Å². The number of carbonyl (C=O) groups excluding carboxylic acids is 1. The Hall–Kier alpha value is -3.76. The maximum atomic E-state index is 13.6. The van der Waals surface area contributed by atoms with Gasteiger partial charge in [0.2, 0.25) is 0 Å². The molecule has 0 unspecified atom stereocenters. The van der Waals surface area contributed by atoms with Crippen molar-refractivity contribution in [2.45, 2.75) is 27.3 Å². The lowest BCUT2D eigenvalue weighted by atomic mass is 10.1. The number of nitrogens with two attached hydrogens (primary N) is 1. The molecular formula is C29H39F2N7O. The third kappa shape index (κ3) is 9.19. The van der Waals surface area contributed by atoms with E-state index in [0.29, 0.717) is 17.1 Å². The zero-order valence-electron chi connectivity index (χ0n) is 22.9. The van der Waals surface area contributed by atoms with Gasteiger partial charge >= 0.3 is 0 Å². The lowest BCUT2D eigenvalue weighted by molar-refractivity contribution is 0.100. The number of anilines is 4. The molecule has 0 fully saturated rings. The van der Waals surface area contributed by atoms with Gasteiger partial charge in [0.25, 0.3) is 5.91 Å². The first-order chi connectivity index (χ1) is 18.8. The number of hydrogen-bond acceptors (Lipinski definition) is 7. The van der Waals surface area contributed by atoms with E-state index in [1.165, 1.54) is 18.3 Å². The first kappa shape index (κ1) is 29.8. The van der Waals surface area contributed by atoms with Crippen molar-refractivity contribution in [2.24, 2.45) is 5.73 Å². The highest BCUT2D eigenvalue weighted by Crippen LogP contribution is 2.25. The largest absolute Gasteiger partial charge is 0.380 e. The van der Waals surface area contributed by atoms with Gasteiger partial charge in [-0.05, 0) is 55.9 Å². The summed E-state index contributed by atoms with van der Waals surface area (Å²) in [6, 6.07) is 12.9. The maximum Gasteiger partial charge on any atom is 0.252 e. The number of aromatic nitrogens is 1. The zero-order chi connectivity index (χ0) is 28.2. The van der Waals surface area contributed by atoms with Crippen LogP contribution < -0.4 is 26.6 Å². The molecule has 8 nitrogen and oxygen atoms in total. The Balaban J connectivity index is 1.66. The number of pyridine rings is 1. The monoisotopic (exact) mass is 539 g/mol. The Morgan fingerprint density at radius 3 is 2.33 bits per heavy atom. The highest BCUT2D eigenvalue weighted by atomic mass is 19.1. The Kier molecular flexibility index (Phi) is 11.4. The third-order valence-electron chi connectivity index (χ3n) is 6.50. The van der Waals surface area contributed by atoms with Crippen molar-refractivity contribution in [1.82, 2.24) is 15.2 Å². The number of halogens is 2. The summed E-state index contributed by atoms with van der Waals surface area (Å²) >= 11 is 0. The molecule has 0 saturated heterocycles. The van der Waals surface area contributed by atoms with Crippen molar-refractivity contribution in [1.29, 1.82) is 0 Å². The van der Waals surface area contributed by atoms with E-state index in [-0.39, 0.29) is 12.1 Å². The molecule has 0 spiro atoms. The van der Waals surface area contributed by atoms with Crippen molar-refractivity contribution in [2.75, 3.05) is 61.3 Å². The van der Waals surface area contributed by atoms with Crippen molar-refractivity contribution in [3.63, 3.8) is 0 Å². The first-order valence-electron chi connectivity index (χ1n) is 13.4. The van der Waals surface area contributed by atoms with Crippen LogP contribution in [0, 0.1) is 11.6 Å². The van der Waals surface area contributed by atoms with Crippen LogP contribution in [0.4, 0.5) is 31.7 Å². The topological polar surface area (TPSA) is 98.5 Å². The molecule has 1 amide bonds. The van der Waals surface area contributed by atoms with E-state index in [1.807, 2.05) is 18.2 Å². The number of nitrogens with zero attached hydrogens (tertiary/aromatic N) is 3. The lowest BCUT2D eigenvalue weighted by Gasteiger charge is -2.24. The molecule has 5 N–H and O–H groups in total. The standard InChI is InChI=1S/C29H39F2N7O/c1-4-37(5-2)12-10-33-11-13-38(6-3)25-9-7-8-24(17-25)36-28-18-27(26(20-35-28)29(32)39)34-19-21-14-22(30)16-23(31)15-21/h7-9,14-18,20,33H,4-6,10-13,19H2,1-3H3,(H2,32,39)(H2,34,35,36). The van der Waals surface area contributed by atoms with Crippen molar-refractivity contribution in [3.05, 3.63) is 77.5 Å². The van der Waals surface area contributed by atoms with Crippen LogP contribution in [-0.4, -0.2) is 61.6 Å². The summed E-state index contributed by atoms with van der Waals surface area (Å²) in [5.41, 5.74) is 8.41. The molecule has 1 heterocycles. The Bertz CT molecular complexity index is 1200. The summed E-state index contributed by atoms with van der Waals surface area (Å²) < 4.78 is 27.1. The fourth-order valence-electron chi connectivity index (χ4n) is 4.29. The summed E-state index contributed by atoms with van der Waals surface area (Å²) in [5.74, 6) is -1.51. The molecule has 0 aliphatic carbocycles. The molecule has 2 aromatic carbocycles. The smallest absolute Gasteiger partial charge is 0.252 e. The number of carbonyl (C=O) groups is 1. The lowest BCUT2D eigenvalue weighted by Crippen LogP contribution is -2.36. The Morgan fingerprint density at radius 2 is 1.67 bits per heavy atom. The van der Waals surface area contributed by atoms with Crippen LogP contribution in [0.1, 0.15) is 36.7 Å². The molecule has 0 aliphatic heterocycles. The molecule has 0 saturated carbocycles. The maximum absolute atomic E-state index is 13.6. The van der Waals surface area contributed by atoms with Crippen LogP contribution in [0.3, 0.4) is 0 Å². The number of nitrogens with one attached hydrogen (secondary N) is 3. The fraction of sp³-hybridized carbons (Fsp3) is 0.379. The summed E-state index contributed by atoms with van der Waals surface area (Å²) in [6.45, 7) is 13.3. The van der Waals surface area contributed by atoms with Gasteiger partial charge in [0, 0.05) is 69.0 Å². The Morgan fingerprint density at radius 1 is 0.949 bits per heavy atom. The van der Waals surface area contributed by atoms with Crippen LogP contribution in [0.25, 0.3) is 0 Å². The van der Waals surface area contributed by atoms with Crippen LogP contribution in [0.2, 0.25) is 0 Å². The highest BCUT2D eigenvalue weighted by molar-refractivity contribution is 5.98. The first-order valence-corrected chi connectivity index (χ1v) is 13.4. The van der Waals surface area contributed by atoms with Crippen LogP contribution >= 0.6 is 0 Å².